The first-order valence-electron chi connectivity index (χ1n) is 5.17. The van der Waals surface area contributed by atoms with Crippen molar-refractivity contribution in [3.63, 3.8) is 0 Å². The minimum atomic E-state index is -0.107. The first-order chi connectivity index (χ1) is 6.88. The predicted octanol–water partition coefficient (Wildman–Crippen LogP) is 3.30. The van der Waals surface area contributed by atoms with Crippen molar-refractivity contribution in [3.05, 3.63) is 28.2 Å². The zero-order valence-corrected chi connectivity index (χ0v) is 11.2. The Bertz CT molecular complexity index is 329. The molecule has 0 aliphatic carbocycles. The average Bonchev–Trinajstić information content (AvgIpc) is 2.07. The lowest BCUT2D eigenvalue weighted by Gasteiger charge is -2.19. The highest BCUT2D eigenvalue weighted by Gasteiger charge is 2.09. The highest BCUT2D eigenvalue weighted by Crippen LogP contribution is 2.23. The Labute approximate surface area is 100 Å². The SMILES string of the molecule is Cc1ccc(NCCC(C)(C)N)c(Br)c1. The molecule has 3 heteroatoms. The van der Waals surface area contributed by atoms with Crippen LogP contribution in [0.4, 0.5) is 5.69 Å². The summed E-state index contributed by atoms with van der Waals surface area (Å²) in [4.78, 5) is 0. The zero-order valence-electron chi connectivity index (χ0n) is 9.60. The van der Waals surface area contributed by atoms with Gasteiger partial charge in [0.25, 0.3) is 0 Å². The maximum atomic E-state index is 5.91. The third kappa shape index (κ3) is 4.67. The minimum Gasteiger partial charge on any atom is -0.384 e. The van der Waals surface area contributed by atoms with Crippen LogP contribution in [0.5, 0.6) is 0 Å². The Morgan fingerprint density at radius 3 is 2.60 bits per heavy atom. The summed E-state index contributed by atoms with van der Waals surface area (Å²) in [6.07, 6.45) is 0.952. The second-order valence-corrected chi connectivity index (χ2v) is 5.50. The fraction of sp³-hybridized carbons (Fsp3) is 0.500. The first kappa shape index (κ1) is 12.5. The van der Waals surface area contributed by atoms with Crippen molar-refractivity contribution in [2.75, 3.05) is 11.9 Å². The molecule has 0 saturated carbocycles. The van der Waals surface area contributed by atoms with E-state index in [1.807, 2.05) is 13.8 Å². The molecule has 3 N–H and O–H groups in total. The van der Waals surface area contributed by atoms with Gasteiger partial charge in [-0.05, 0) is 60.8 Å². The van der Waals surface area contributed by atoms with Crippen molar-refractivity contribution < 1.29 is 0 Å². The van der Waals surface area contributed by atoms with Crippen LogP contribution in [-0.4, -0.2) is 12.1 Å². The van der Waals surface area contributed by atoms with E-state index < -0.39 is 0 Å². The van der Waals surface area contributed by atoms with Crippen LogP contribution in [0.1, 0.15) is 25.8 Å². The molecule has 0 heterocycles. The van der Waals surface area contributed by atoms with Crippen LogP contribution in [0.25, 0.3) is 0 Å². The topological polar surface area (TPSA) is 38.0 Å². The van der Waals surface area contributed by atoms with Gasteiger partial charge < -0.3 is 11.1 Å². The summed E-state index contributed by atoms with van der Waals surface area (Å²) in [5, 5.41) is 3.37. The fourth-order valence-corrected chi connectivity index (χ4v) is 1.92. The van der Waals surface area contributed by atoms with E-state index in [4.69, 9.17) is 5.73 Å². The molecule has 1 rings (SSSR count). The van der Waals surface area contributed by atoms with E-state index in [0.29, 0.717) is 0 Å². The number of halogens is 1. The number of benzene rings is 1. The Morgan fingerprint density at radius 1 is 1.40 bits per heavy atom. The maximum absolute atomic E-state index is 5.91. The number of anilines is 1. The number of nitrogens with two attached hydrogens (primary N) is 1. The van der Waals surface area contributed by atoms with Crippen LogP contribution in [0.2, 0.25) is 0 Å². The van der Waals surface area contributed by atoms with Gasteiger partial charge in [-0.15, -0.1) is 0 Å². The first-order valence-corrected chi connectivity index (χ1v) is 5.97. The summed E-state index contributed by atoms with van der Waals surface area (Å²) in [6, 6.07) is 6.29. The van der Waals surface area contributed by atoms with Gasteiger partial charge in [-0.3, -0.25) is 0 Å². The third-order valence-corrected chi connectivity index (χ3v) is 2.87. The smallest absolute Gasteiger partial charge is 0.0484 e. The number of aryl methyl sites for hydroxylation is 1. The molecule has 0 saturated heterocycles. The van der Waals surface area contributed by atoms with Crippen LogP contribution >= 0.6 is 15.9 Å². The molecule has 0 aliphatic heterocycles. The van der Waals surface area contributed by atoms with Crippen LogP contribution in [0, 0.1) is 6.92 Å². The normalized spacial score (nSPS) is 11.5. The van der Waals surface area contributed by atoms with Gasteiger partial charge in [0, 0.05) is 22.2 Å². The van der Waals surface area contributed by atoms with Crippen molar-refractivity contribution in [2.45, 2.75) is 32.7 Å². The van der Waals surface area contributed by atoms with Gasteiger partial charge >= 0.3 is 0 Å². The summed E-state index contributed by atoms with van der Waals surface area (Å²) in [5.74, 6) is 0. The lowest BCUT2D eigenvalue weighted by Crippen LogP contribution is -2.34. The molecule has 0 atom stereocenters. The molecule has 2 nitrogen and oxygen atoms in total. The highest BCUT2D eigenvalue weighted by molar-refractivity contribution is 9.10. The van der Waals surface area contributed by atoms with Gasteiger partial charge in [-0.1, -0.05) is 6.07 Å². The molecular weight excluding hydrogens is 252 g/mol. The van der Waals surface area contributed by atoms with Gasteiger partial charge in [0.15, 0.2) is 0 Å². The second kappa shape index (κ2) is 4.99. The largest absolute Gasteiger partial charge is 0.384 e. The highest BCUT2D eigenvalue weighted by atomic mass is 79.9. The molecule has 0 amide bonds. The molecule has 0 unspecified atom stereocenters. The molecule has 0 bridgehead atoms. The van der Waals surface area contributed by atoms with Crippen LogP contribution in [0.3, 0.4) is 0 Å². The molecular formula is C12H19BrN2. The number of rotatable bonds is 4. The lowest BCUT2D eigenvalue weighted by atomic mass is 10.0. The Balaban J connectivity index is 2.51. The van der Waals surface area contributed by atoms with E-state index in [2.05, 4.69) is 46.4 Å². The lowest BCUT2D eigenvalue weighted by molar-refractivity contribution is 0.491. The van der Waals surface area contributed by atoms with Crippen molar-refractivity contribution in [2.24, 2.45) is 5.73 Å². The minimum absolute atomic E-state index is 0.107. The van der Waals surface area contributed by atoms with Crippen molar-refractivity contribution in [3.8, 4) is 0 Å². The molecule has 15 heavy (non-hydrogen) atoms. The Kier molecular flexibility index (Phi) is 4.17. The second-order valence-electron chi connectivity index (χ2n) is 4.65. The van der Waals surface area contributed by atoms with Gasteiger partial charge in [0.1, 0.15) is 0 Å². The van der Waals surface area contributed by atoms with E-state index in [1.165, 1.54) is 5.56 Å². The van der Waals surface area contributed by atoms with Gasteiger partial charge in [0.05, 0.1) is 0 Å². The molecule has 0 radical (unpaired) electrons. The molecule has 0 fully saturated rings. The van der Waals surface area contributed by atoms with E-state index in [1.54, 1.807) is 0 Å². The number of hydrogen-bond acceptors (Lipinski definition) is 2. The summed E-state index contributed by atoms with van der Waals surface area (Å²) in [6.45, 7) is 7.06. The monoisotopic (exact) mass is 270 g/mol. The van der Waals surface area contributed by atoms with E-state index in [-0.39, 0.29) is 5.54 Å². The average molecular weight is 271 g/mol. The Hall–Kier alpha value is -0.540. The summed E-state index contributed by atoms with van der Waals surface area (Å²) < 4.78 is 1.11. The van der Waals surface area contributed by atoms with Gasteiger partial charge in [-0.25, -0.2) is 0 Å². The molecule has 1 aromatic rings. The summed E-state index contributed by atoms with van der Waals surface area (Å²) in [7, 11) is 0. The molecule has 0 aliphatic rings. The third-order valence-electron chi connectivity index (χ3n) is 2.21. The molecule has 0 spiro atoms. The fourth-order valence-electron chi connectivity index (χ4n) is 1.28. The van der Waals surface area contributed by atoms with Gasteiger partial charge in [0.2, 0.25) is 0 Å². The molecule has 84 valence electrons. The number of hydrogen-bond donors (Lipinski definition) is 2. The van der Waals surface area contributed by atoms with Crippen molar-refractivity contribution in [1.29, 1.82) is 0 Å². The van der Waals surface area contributed by atoms with E-state index in [9.17, 15) is 0 Å². The predicted molar refractivity (Wildman–Crippen MR) is 70.3 cm³/mol. The van der Waals surface area contributed by atoms with Crippen LogP contribution in [0.15, 0.2) is 22.7 Å². The zero-order chi connectivity index (χ0) is 11.5. The van der Waals surface area contributed by atoms with E-state index in [0.717, 1.165) is 23.1 Å². The molecule has 1 aromatic carbocycles. The standard InChI is InChI=1S/C12H19BrN2/c1-9-4-5-11(10(13)8-9)15-7-6-12(2,3)14/h4-5,8,15H,6-7,14H2,1-3H3. The van der Waals surface area contributed by atoms with Crippen LogP contribution < -0.4 is 11.1 Å². The van der Waals surface area contributed by atoms with E-state index >= 15 is 0 Å². The summed E-state index contributed by atoms with van der Waals surface area (Å²) in [5.41, 5.74) is 8.19. The molecule has 0 aromatic heterocycles. The Morgan fingerprint density at radius 2 is 2.07 bits per heavy atom. The number of nitrogens with one attached hydrogen (secondary N) is 1. The summed E-state index contributed by atoms with van der Waals surface area (Å²) >= 11 is 3.53. The van der Waals surface area contributed by atoms with Crippen molar-refractivity contribution in [1.82, 2.24) is 0 Å². The van der Waals surface area contributed by atoms with Crippen LogP contribution in [-0.2, 0) is 0 Å². The van der Waals surface area contributed by atoms with Gasteiger partial charge in [-0.2, -0.15) is 0 Å². The maximum Gasteiger partial charge on any atom is 0.0484 e. The van der Waals surface area contributed by atoms with Crippen molar-refractivity contribution >= 4 is 21.6 Å². The quantitative estimate of drug-likeness (QED) is 0.881.